The molecule has 0 bridgehead atoms. The van der Waals surface area contributed by atoms with E-state index < -0.39 is 0 Å². The minimum absolute atomic E-state index is 0.360. The van der Waals surface area contributed by atoms with Gasteiger partial charge in [-0.2, -0.15) is 4.68 Å². The lowest BCUT2D eigenvalue weighted by molar-refractivity contribution is 0.778. The number of nitrogens with zero attached hydrogens (tertiary/aromatic N) is 4. The van der Waals surface area contributed by atoms with Crippen LogP contribution in [0.25, 0.3) is 5.69 Å². The van der Waals surface area contributed by atoms with E-state index in [1.54, 1.807) is 24.5 Å². The smallest absolute Gasteiger partial charge is 0.265 e. The molecule has 0 aliphatic carbocycles. The second-order valence-corrected chi connectivity index (χ2v) is 2.12. The molecule has 0 amide bonds. The van der Waals surface area contributed by atoms with E-state index in [0.29, 0.717) is 5.69 Å². The van der Waals surface area contributed by atoms with Gasteiger partial charge in [-0.15, -0.1) is 0 Å². The van der Waals surface area contributed by atoms with Gasteiger partial charge in [0, 0.05) is 12.4 Å². The fraction of sp³-hybridized carbons (Fsp3) is 0. The van der Waals surface area contributed by atoms with Gasteiger partial charge in [0.25, 0.3) is 0 Å². The molecule has 0 aliphatic heterocycles. The summed E-state index contributed by atoms with van der Waals surface area (Å²) in [5.41, 5.74) is 0.282. The Labute approximate surface area is 66.9 Å². The maximum Gasteiger partial charge on any atom is 0.365 e. The monoisotopic (exact) mass is 163 g/mol. The molecule has 1 N–H and O–H groups in total. The van der Waals surface area contributed by atoms with E-state index in [1.807, 2.05) is 0 Å². The van der Waals surface area contributed by atoms with Crippen molar-refractivity contribution in [1.82, 2.24) is 25.2 Å². The second kappa shape index (κ2) is 2.57. The molecule has 60 valence electrons. The standard InChI is InChI=1S/C6H5N5O/c12-6-8-9-10-11(6)5-1-3-7-4-2-5/h1-4H,(H,8,10,12). The third kappa shape index (κ3) is 0.986. The fourth-order valence-corrected chi connectivity index (χ4v) is 0.852. The minimum atomic E-state index is -0.360. The van der Waals surface area contributed by atoms with Gasteiger partial charge in [0.15, 0.2) is 0 Å². The molecule has 6 heteroatoms. The van der Waals surface area contributed by atoms with Crippen LogP contribution < -0.4 is 5.69 Å². The highest BCUT2D eigenvalue weighted by Gasteiger charge is 1.99. The molecule has 12 heavy (non-hydrogen) atoms. The molecular formula is C6H5N5O. The lowest BCUT2D eigenvalue weighted by Crippen LogP contribution is -2.15. The molecule has 0 saturated heterocycles. The van der Waals surface area contributed by atoms with E-state index >= 15 is 0 Å². The summed E-state index contributed by atoms with van der Waals surface area (Å²) in [6.07, 6.45) is 3.16. The number of H-pyrrole nitrogens is 1. The summed E-state index contributed by atoms with van der Waals surface area (Å²) in [6, 6.07) is 3.34. The van der Waals surface area contributed by atoms with Crippen LogP contribution in [0, 0.1) is 0 Å². The summed E-state index contributed by atoms with van der Waals surface area (Å²) in [5.74, 6) is 0. The van der Waals surface area contributed by atoms with Crippen LogP contribution >= 0.6 is 0 Å². The van der Waals surface area contributed by atoms with Crippen LogP contribution in [0.1, 0.15) is 0 Å². The van der Waals surface area contributed by atoms with Crippen molar-refractivity contribution >= 4 is 0 Å². The number of rotatable bonds is 1. The first-order chi connectivity index (χ1) is 5.88. The molecule has 2 rings (SSSR count). The summed E-state index contributed by atoms with van der Waals surface area (Å²) in [4.78, 5) is 14.8. The van der Waals surface area contributed by atoms with Crippen molar-refractivity contribution in [1.29, 1.82) is 0 Å². The van der Waals surface area contributed by atoms with Crippen LogP contribution in [-0.4, -0.2) is 25.2 Å². The lowest BCUT2D eigenvalue weighted by Gasteiger charge is -1.93. The van der Waals surface area contributed by atoms with Gasteiger partial charge in [-0.3, -0.25) is 4.98 Å². The highest BCUT2D eigenvalue weighted by Crippen LogP contribution is 1.97. The Hall–Kier alpha value is -1.98. The highest BCUT2D eigenvalue weighted by atomic mass is 16.2. The van der Waals surface area contributed by atoms with Gasteiger partial charge in [0.05, 0.1) is 5.69 Å². The Morgan fingerprint density at radius 1 is 1.33 bits per heavy atom. The van der Waals surface area contributed by atoms with Crippen LogP contribution in [0.3, 0.4) is 0 Å². The van der Waals surface area contributed by atoms with Gasteiger partial charge in [0.2, 0.25) is 0 Å². The SMILES string of the molecule is O=c1[nH]nnn1-c1ccncc1. The predicted molar refractivity (Wildman–Crippen MR) is 39.8 cm³/mol. The predicted octanol–water partition coefficient (Wildman–Crippen LogP) is -0.649. The average molecular weight is 163 g/mol. The van der Waals surface area contributed by atoms with Crippen molar-refractivity contribution in [2.75, 3.05) is 0 Å². The lowest BCUT2D eigenvalue weighted by atomic mass is 10.4. The van der Waals surface area contributed by atoms with Crippen molar-refractivity contribution in [3.63, 3.8) is 0 Å². The molecule has 6 nitrogen and oxygen atoms in total. The Balaban J connectivity index is 2.59. The number of aromatic nitrogens is 5. The maximum absolute atomic E-state index is 11.0. The van der Waals surface area contributed by atoms with E-state index in [4.69, 9.17) is 0 Å². The molecule has 0 radical (unpaired) electrons. The van der Waals surface area contributed by atoms with E-state index in [2.05, 4.69) is 20.5 Å². The summed E-state index contributed by atoms with van der Waals surface area (Å²) < 4.78 is 1.15. The number of hydrogen-bond donors (Lipinski definition) is 1. The summed E-state index contributed by atoms with van der Waals surface area (Å²) in [7, 11) is 0. The van der Waals surface area contributed by atoms with E-state index in [9.17, 15) is 4.79 Å². The molecule has 2 heterocycles. The van der Waals surface area contributed by atoms with Gasteiger partial charge in [-0.25, -0.2) is 9.89 Å². The number of aromatic amines is 1. The molecule has 2 aromatic rings. The first-order valence-corrected chi connectivity index (χ1v) is 3.29. The van der Waals surface area contributed by atoms with Gasteiger partial charge in [0.1, 0.15) is 0 Å². The summed E-state index contributed by atoms with van der Waals surface area (Å²) >= 11 is 0. The van der Waals surface area contributed by atoms with Crippen LogP contribution in [0.4, 0.5) is 0 Å². The molecule has 2 aromatic heterocycles. The molecule has 0 saturated carbocycles. The summed E-state index contributed by atoms with van der Waals surface area (Å²) in [6.45, 7) is 0. The number of tetrazole rings is 1. The summed E-state index contributed by atoms with van der Waals surface area (Å²) in [5, 5.41) is 9.10. The number of nitrogens with one attached hydrogen (secondary N) is 1. The zero-order valence-electron chi connectivity index (χ0n) is 6.01. The van der Waals surface area contributed by atoms with E-state index in [-0.39, 0.29) is 5.69 Å². The molecule has 0 fully saturated rings. The van der Waals surface area contributed by atoms with Gasteiger partial charge in [-0.1, -0.05) is 0 Å². The number of hydrogen-bond acceptors (Lipinski definition) is 4. The largest absolute Gasteiger partial charge is 0.365 e. The van der Waals surface area contributed by atoms with Crippen LogP contribution in [-0.2, 0) is 0 Å². The highest BCUT2D eigenvalue weighted by molar-refractivity contribution is 5.25. The van der Waals surface area contributed by atoms with Crippen molar-refractivity contribution in [3.05, 3.63) is 35.0 Å². The van der Waals surface area contributed by atoms with Crippen molar-refractivity contribution in [2.45, 2.75) is 0 Å². The average Bonchev–Trinajstić information content (AvgIpc) is 2.53. The van der Waals surface area contributed by atoms with Crippen LogP contribution in [0.5, 0.6) is 0 Å². The van der Waals surface area contributed by atoms with Gasteiger partial charge in [-0.05, 0) is 22.6 Å². The van der Waals surface area contributed by atoms with E-state index in [0.717, 1.165) is 4.68 Å². The molecule has 0 spiro atoms. The molecule has 0 aliphatic rings. The van der Waals surface area contributed by atoms with Gasteiger partial charge >= 0.3 is 5.69 Å². The quantitative estimate of drug-likeness (QED) is 0.606. The first kappa shape index (κ1) is 6.71. The number of pyridine rings is 1. The topological polar surface area (TPSA) is 76.5 Å². The van der Waals surface area contributed by atoms with E-state index in [1.165, 1.54) is 0 Å². The molecule has 0 unspecified atom stereocenters. The first-order valence-electron chi connectivity index (χ1n) is 3.29. The maximum atomic E-state index is 11.0. The third-order valence-corrected chi connectivity index (χ3v) is 1.38. The Morgan fingerprint density at radius 3 is 2.67 bits per heavy atom. The Morgan fingerprint density at radius 2 is 2.08 bits per heavy atom. The van der Waals surface area contributed by atoms with Crippen molar-refractivity contribution in [2.24, 2.45) is 0 Å². The zero-order chi connectivity index (χ0) is 8.39. The van der Waals surface area contributed by atoms with Crippen molar-refractivity contribution < 1.29 is 0 Å². The van der Waals surface area contributed by atoms with Gasteiger partial charge < -0.3 is 0 Å². The third-order valence-electron chi connectivity index (χ3n) is 1.38. The fourth-order valence-electron chi connectivity index (χ4n) is 0.852. The molecule has 0 atom stereocenters. The molecule has 0 aromatic carbocycles. The molecular weight excluding hydrogens is 158 g/mol. The van der Waals surface area contributed by atoms with Crippen LogP contribution in [0.15, 0.2) is 29.3 Å². The Kier molecular flexibility index (Phi) is 1.44. The zero-order valence-corrected chi connectivity index (χ0v) is 6.01. The second-order valence-electron chi connectivity index (χ2n) is 2.12. The van der Waals surface area contributed by atoms with Crippen LogP contribution in [0.2, 0.25) is 0 Å². The minimum Gasteiger partial charge on any atom is -0.265 e. The normalized spacial score (nSPS) is 10.0. The van der Waals surface area contributed by atoms with Crippen molar-refractivity contribution in [3.8, 4) is 5.69 Å². The Bertz CT molecular complexity index is 417.